The van der Waals surface area contributed by atoms with E-state index in [1.807, 2.05) is 6.07 Å². The number of hydrogen-bond acceptors (Lipinski definition) is 2. The van der Waals surface area contributed by atoms with Crippen molar-refractivity contribution in [1.29, 1.82) is 0 Å². The van der Waals surface area contributed by atoms with Crippen molar-refractivity contribution in [2.45, 2.75) is 0 Å². The molecule has 9 rings (SSSR count). The summed E-state index contributed by atoms with van der Waals surface area (Å²) in [5.41, 5.74) is 8.12. The average molecular weight is 522 g/mol. The van der Waals surface area contributed by atoms with Crippen molar-refractivity contribution < 1.29 is 0 Å². The molecule has 0 aliphatic rings. The summed E-state index contributed by atoms with van der Waals surface area (Å²) in [6.07, 6.45) is 0. The fraction of sp³-hybridized carbons (Fsp3) is 0. The van der Waals surface area contributed by atoms with E-state index in [0.29, 0.717) is 0 Å². The molecule has 41 heavy (non-hydrogen) atoms. The van der Waals surface area contributed by atoms with E-state index in [-0.39, 0.29) is 0 Å². The Hall–Kier alpha value is -5.54. The Morgan fingerprint density at radius 2 is 1.22 bits per heavy atom. The quantitative estimate of drug-likeness (QED) is 0.212. The van der Waals surface area contributed by atoms with Crippen LogP contribution in [0.2, 0.25) is 0 Å². The summed E-state index contributed by atoms with van der Waals surface area (Å²) >= 11 is 0. The van der Waals surface area contributed by atoms with Gasteiger partial charge in [0.2, 0.25) is 0 Å². The summed E-state index contributed by atoms with van der Waals surface area (Å²) in [6.45, 7) is 0. The topological polar surface area (TPSA) is 30.7 Å². The second-order valence-electron chi connectivity index (χ2n) is 10.6. The smallest absolute Gasteiger partial charge is 0.165 e. The molecule has 0 saturated heterocycles. The molecule has 0 N–H and O–H groups in total. The molecular weight excluding hydrogens is 498 g/mol. The molecule has 2 heterocycles. The number of fused-ring (bicyclic) bond motifs is 9. The number of rotatable bonds is 2. The lowest BCUT2D eigenvalue weighted by atomic mass is 9.91. The van der Waals surface area contributed by atoms with Crippen molar-refractivity contribution >= 4 is 65.4 Å². The van der Waals surface area contributed by atoms with Crippen LogP contribution in [0.3, 0.4) is 0 Å². The summed E-state index contributed by atoms with van der Waals surface area (Å²) < 4.78 is 2.21. The van der Waals surface area contributed by atoms with Gasteiger partial charge >= 0.3 is 0 Å². The van der Waals surface area contributed by atoms with Gasteiger partial charge in [0.05, 0.1) is 16.6 Å². The fourth-order valence-corrected chi connectivity index (χ4v) is 6.49. The molecule has 0 amide bonds. The van der Waals surface area contributed by atoms with Gasteiger partial charge in [0.15, 0.2) is 5.65 Å². The van der Waals surface area contributed by atoms with Gasteiger partial charge in [-0.25, -0.2) is 9.97 Å². The zero-order chi connectivity index (χ0) is 26.9. The first-order chi connectivity index (χ1) is 20.3. The molecule has 0 radical (unpaired) electrons. The first kappa shape index (κ1) is 22.3. The second kappa shape index (κ2) is 8.48. The third kappa shape index (κ3) is 3.26. The van der Waals surface area contributed by atoms with E-state index in [1.54, 1.807) is 0 Å². The van der Waals surface area contributed by atoms with Gasteiger partial charge < -0.3 is 0 Å². The Labute approximate surface area is 235 Å². The van der Waals surface area contributed by atoms with Crippen LogP contribution in [0.15, 0.2) is 140 Å². The van der Waals surface area contributed by atoms with Crippen molar-refractivity contribution in [2.75, 3.05) is 0 Å². The molecule has 0 spiro atoms. The van der Waals surface area contributed by atoms with Gasteiger partial charge in [0.1, 0.15) is 5.52 Å². The lowest BCUT2D eigenvalue weighted by molar-refractivity contribution is 1.14. The summed E-state index contributed by atoms with van der Waals surface area (Å²) in [4.78, 5) is 10.4. The van der Waals surface area contributed by atoms with Gasteiger partial charge in [-0.3, -0.25) is 4.57 Å². The Morgan fingerprint density at radius 1 is 0.463 bits per heavy atom. The zero-order valence-electron chi connectivity index (χ0n) is 22.1. The fourth-order valence-electron chi connectivity index (χ4n) is 6.49. The molecule has 0 aliphatic heterocycles. The Balaban J connectivity index is 1.32. The highest BCUT2D eigenvalue weighted by atomic mass is 15.1. The molecule has 0 fully saturated rings. The van der Waals surface area contributed by atoms with Gasteiger partial charge in [0.25, 0.3) is 0 Å². The van der Waals surface area contributed by atoms with E-state index in [2.05, 4.69) is 138 Å². The van der Waals surface area contributed by atoms with Crippen LogP contribution in [0, 0.1) is 0 Å². The van der Waals surface area contributed by atoms with E-state index in [4.69, 9.17) is 9.97 Å². The maximum absolute atomic E-state index is 5.24. The average Bonchev–Trinajstić information content (AvgIpc) is 3.36. The second-order valence-corrected chi connectivity index (χ2v) is 10.6. The molecule has 2 aromatic heterocycles. The van der Waals surface area contributed by atoms with Crippen molar-refractivity contribution in [3.05, 3.63) is 140 Å². The first-order valence-electron chi connectivity index (χ1n) is 13.9. The molecular formula is C38H23N3. The molecule has 0 atom stereocenters. The van der Waals surface area contributed by atoms with Gasteiger partial charge in [-0.05, 0) is 73.8 Å². The minimum absolute atomic E-state index is 0.876. The third-order valence-corrected chi connectivity index (χ3v) is 8.35. The number of hydrogen-bond donors (Lipinski definition) is 0. The van der Waals surface area contributed by atoms with Crippen LogP contribution in [-0.4, -0.2) is 14.5 Å². The summed E-state index contributed by atoms with van der Waals surface area (Å²) in [7, 11) is 0. The Kier molecular flexibility index (Phi) is 4.61. The van der Waals surface area contributed by atoms with E-state index in [0.717, 1.165) is 44.4 Å². The van der Waals surface area contributed by atoms with Crippen LogP contribution in [0.5, 0.6) is 0 Å². The molecule has 9 aromatic rings. The lowest BCUT2D eigenvalue weighted by Gasteiger charge is -2.13. The lowest BCUT2D eigenvalue weighted by Crippen LogP contribution is -1.96. The van der Waals surface area contributed by atoms with Gasteiger partial charge in [-0.2, -0.15) is 0 Å². The molecule has 0 saturated carbocycles. The van der Waals surface area contributed by atoms with E-state index in [1.165, 1.54) is 37.9 Å². The zero-order valence-corrected chi connectivity index (χ0v) is 22.1. The molecule has 7 aromatic carbocycles. The van der Waals surface area contributed by atoms with Crippen LogP contribution in [0.1, 0.15) is 0 Å². The van der Waals surface area contributed by atoms with Crippen molar-refractivity contribution in [3.8, 4) is 16.8 Å². The first-order valence-corrected chi connectivity index (χ1v) is 13.9. The van der Waals surface area contributed by atoms with Crippen LogP contribution in [-0.2, 0) is 0 Å². The van der Waals surface area contributed by atoms with Gasteiger partial charge in [-0.1, -0.05) is 109 Å². The van der Waals surface area contributed by atoms with Crippen LogP contribution in [0.4, 0.5) is 0 Å². The minimum Gasteiger partial charge on any atom is -0.293 e. The molecule has 3 nitrogen and oxygen atoms in total. The molecule has 190 valence electrons. The number of nitrogens with zero attached hydrogens (tertiary/aromatic N) is 3. The molecule has 3 heteroatoms. The normalized spacial score (nSPS) is 11.9. The largest absolute Gasteiger partial charge is 0.293 e. The Bertz CT molecular complexity index is 2470. The van der Waals surface area contributed by atoms with Crippen molar-refractivity contribution in [2.24, 2.45) is 0 Å². The van der Waals surface area contributed by atoms with E-state index in [9.17, 15) is 0 Å². The standard InChI is InChI=1S/C38H23N3/c1-2-11-27(12-3-1)41-35-16-7-6-14-32(35)37-38(41)40-33-22-19-26(23-34(33)39-37)29-15-8-10-25-18-20-30-28-13-5-4-9-24(28)17-21-31(30)36(25)29/h1-23H. The SMILES string of the molecule is c1ccc(-n2c3ccccc3c3nc4cc(-c5cccc6ccc7c8ccccc8ccc7c56)ccc4nc32)cc1. The highest BCUT2D eigenvalue weighted by Gasteiger charge is 2.16. The van der Waals surface area contributed by atoms with Gasteiger partial charge in [-0.15, -0.1) is 0 Å². The highest BCUT2D eigenvalue weighted by Crippen LogP contribution is 2.38. The summed E-state index contributed by atoms with van der Waals surface area (Å²) in [5, 5.41) is 8.69. The van der Waals surface area contributed by atoms with Crippen molar-refractivity contribution in [3.63, 3.8) is 0 Å². The number of aromatic nitrogens is 3. The molecule has 0 aliphatic carbocycles. The molecule has 0 bridgehead atoms. The summed E-state index contributed by atoms with van der Waals surface area (Å²) in [5.74, 6) is 0. The van der Waals surface area contributed by atoms with Crippen molar-refractivity contribution in [1.82, 2.24) is 14.5 Å². The number of benzene rings is 7. The Morgan fingerprint density at radius 3 is 2.15 bits per heavy atom. The van der Waals surface area contributed by atoms with Crippen LogP contribution < -0.4 is 0 Å². The van der Waals surface area contributed by atoms with Gasteiger partial charge in [0, 0.05) is 11.1 Å². The predicted molar refractivity (Wildman–Crippen MR) is 172 cm³/mol. The monoisotopic (exact) mass is 521 g/mol. The summed E-state index contributed by atoms with van der Waals surface area (Å²) in [6, 6.07) is 49.6. The third-order valence-electron chi connectivity index (χ3n) is 8.35. The molecule has 0 unspecified atom stereocenters. The minimum atomic E-state index is 0.876. The highest BCUT2D eigenvalue weighted by molar-refractivity contribution is 6.21. The predicted octanol–water partition coefficient (Wildman–Crippen LogP) is 9.85. The van der Waals surface area contributed by atoms with E-state index >= 15 is 0 Å². The maximum atomic E-state index is 5.24. The van der Waals surface area contributed by atoms with E-state index < -0.39 is 0 Å². The van der Waals surface area contributed by atoms with Crippen LogP contribution in [0.25, 0.3) is 82.2 Å². The van der Waals surface area contributed by atoms with Crippen LogP contribution >= 0.6 is 0 Å². The number of para-hydroxylation sites is 2. The maximum Gasteiger partial charge on any atom is 0.165 e.